The van der Waals surface area contributed by atoms with E-state index >= 15 is 0 Å². The van der Waals surface area contributed by atoms with Crippen LogP contribution in [-0.4, -0.2) is 37.3 Å². The van der Waals surface area contributed by atoms with E-state index < -0.39 is 0 Å². The van der Waals surface area contributed by atoms with Gasteiger partial charge in [-0.3, -0.25) is 9.48 Å². The number of carbonyl (C=O) groups is 1. The van der Waals surface area contributed by atoms with Crippen molar-refractivity contribution in [2.75, 3.05) is 6.54 Å². The molecule has 1 amide bonds. The molecule has 0 aliphatic rings. The molecule has 0 radical (unpaired) electrons. The van der Waals surface area contributed by atoms with Crippen LogP contribution in [0.1, 0.15) is 45.9 Å². The Labute approximate surface area is 152 Å². The maximum Gasteiger partial charge on any atom is 0.254 e. The number of hydrogen-bond donors (Lipinski definition) is 0. The van der Waals surface area contributed by atoms with Gasteiger partial charge in [-0.25, -0.2) is 0 Å². The molecule has 136 valence electrons. The fraction of sp³-hybridized carbons (Fsp3) is 0.368. The van der Waals surface area contributed by atoms with Crippen LogP contribution in [0, 0.1) is 20.8 Å². The second kappa shape index (κ2) is 7.51. The Morgan fingerprint density at radius 3 is 2.46 bits per heavy atom. The molecule has 2 aromatic heterocycles. The van der Waals surface area contributed by atoms with Crippen molar-refractivity contribution in [1.82, 2.24) is 24.8 Å². The first kappa shape index (κ1) is 17.8. The van der Waals surface area contributed by atoms with Crippen LogP contribution in [0.5, 0.6) is 0 Å². The van der Waals surface area contributed by atoms with E-state index in [1.807, 2.05) is 49.7 Å². The minimum Gasteiger partial charge on any atom is -0.340 e. The molecule has 0 bridgehead atoms. The Morgan fingerprint density at radius 1 is 1.19 bits per heavy atom. The van der Waals surface area contributed by atoms with Crippen LogP contribution in [0.25, 0.3) is 0 Å². The van der Waals surface area contributed by atoms with Gasteiger partial charge in [-0.05, 0) is 44.5 Å². The normalized spacial score (nSPS) is 10.9. The Kier molecular flexibility index (Phi) is 5.16. The second-order valence-corrected chi connectivity index (χ2v) is 6.33. The molecule has 2 heterocycles. The third kappa shape index (κ3) is 3.99. The third-order valence-electron chi connectivity index (χ3n) is 4.21. The van der Waals surface area contributed by atoms with Gasteiger partial charge >= 0.3 is 0 Å². The molecule has 0 atom stereocenters. The Morgan fingerprint density at radius 2 is 1.92 bits per heavy atom. The zero-order valence-corrected chi connectivity index (χ0v) is 15.6. The molecular formula is C19H23N5O2. The molecule has 0 spiro atoms. The van der Waals surface area contributed by atoms with Gasteiger partial charge in [-0.15, -0.1) is 0 Å². The number of aromatic nitrogens is 4. The highest BCUT2D eigenvalue weighted by Crippen LogP contribution is 2.12. The monoisotopic (exact) mass is 353 g/mol. The average Bonchev–Trinajstić information content (AvgIpc) is 3.17. The molecule has 1 aromatic carbocycles. The van der Waals surface area contributed by atoms with Gasteiger partial charge in [0.25, 0.3) is 5.91 Å². The number of hydrogen-bond acceptors (Lipinski definition) is 5. The van der Waals surface area contributed by atoms with Gasteiger partial charge < -0.3 is 9.42 Å². The highest BCUT2D eigenvalue weighted by atomic mass is 16.5. The number of amides is 1. The third-order valence-corrected chi connectivity index (χ3v) is 4.21. The lowest BCUT2D eigenvalue weighted by Gasteiger charge is -2.19. The highest BCUT2D eigenvalue weighted by molar-refractivity contribution is 5.94. The Bertz CT molecular complexity index is 895. The molecular weight excluding hydrogens is 330 g/mol. The predicted octanol–water partition coefficient (Wildman–Crippen LogP) is 2.90. The van der Waals surface area contributed by atoms with E-state index in [1.165, 1.54) is 0 Å². The SMILES string of the molecule is CCN(Cc1noc(C)n1)C(=O)c1ccc(Cn2nc(C)cc2C)cc1. The van der Waals surface area contributed by atoms with E-state index in [9.17, 15) is 4.79 Å². The van der Waals surface area contributed by atoms with Crippen LogP contribution >= 0.6 is 0 Å². The van der Waals surface area contributed by atoms with Gasteiger partial charge in [0.05, 0.1) is 18.8 Å². The molecule has 0 aliphatic heterocycles. The van der Waals surface area contributed by atoms with Crippen molar-refractivity contribution >= 4 is 5.91 Å². The summed E-state index contributed by atoms with van der Waals surface area (Å²) in [6.45, 7) is 9.28. The lowest BCUT2D eigenvalue weighted by Crippen LogP contribution is -2.30. The molecule has 3 rings (SSSR count). The van der Waals surface area contributed by atoms with E-state index in [1.54, 1.807) is 11.8 Å². The first-order valence-corrected chi connectivity index (χ1v) is 8.64. The van der Waals surface area contributed by atoms with E-state index in [4.69, 9.17) is 4.52 Å². The van der Waals surface area contributed by atoms with E-state index in [0.29, 0.717) is 36.9 Å². The summed E-state index contributed by atoms with van der Waals surface area (Å²) in [5.41, 5.74) is 3.87. The number of aryl methyl sites for hydroxylation is 3. The van der Waals surface area contributed by atoms with Crippen molar-refractivity contribution in [2.24, 2.45) is 0 Å². The molecule has 0 fully saturated rings. The number of rotatable bonds is 6. The van der Waals surface area contributed by atoms with Crippen LogP contribution in [0.15, 0.2) is 34.9 Å². The second-order valence-electron chi connectivity index (χ2n) is 6.33. The Hall–Kier alpha value is -2.96. The van der Waals surface area contributed by atoms with Gasteiger partial charge in [0.1, 0.15) is 0 Å². The minimum absolute atomic E-state index is 0.0485. The summed E-state index contributed by atoms with van der Waals surface area (Å²) in [5, 5.41) is 8.33. The summed E-state index contributed by atoms with van der Waals surface area (Å²) in [5.74, 6) is 0.962. The van der Waals surface area contributed by atoms with Crippen molar-refractivity contribution in [3.63, 3.8) is 0 Å². The van der Waals surface area contributed by atoms with Crippen molar-refractivity contribution in [1.29, 1.82) is 0 Å². The van der Waals surface area contributed by atoms with Crippen molar-refractivity contribution in [3.05, 3.63) is 64.6 Å². The van der Waals surface area contributed by atoms with Crippen LogP contribution < -0.4 is 0 Å². The van der Waals surface area contributed by atoms with Gasteiger partial charge in [-0.1, -0.05) is 17.3 Å². The molecule has 3 aromatic rings. The molecule has 0 saturated heterocycles. The van der Waals surface area contributed by atoms with Crippen LogP contribution in [0.4, 0.5) is 0 Å². The summed E-state index contributed by atoms with van der Waals surface area (Å²) in [6.07, 6.45) is 0. The zero-order chi connectivity index (χ0) is 18.7. The fourth-order valence-corrected chi connectivity index (χ4v) is 2.85. The number of benzene rings is 1. The molecule has 7 heteroatoms. The maximum atomic E-state index is 12.7. The number of carbonyl (C=O) groups excluding carboxylic acids is 1. The maximum absolute atomic E-state index is 12.7. The minimum atomic E-state index is -0.0485. The van der Waals surface area contributed by atoms with Gasteiger partial charge in [0.15, 0.2) is 5.82 Å². The van der Waals surface area contributed by atoms with Crippen molar-refractivity contribution in [2.45, 2.75) is 40.8 Å². The van der Waals surface area contributed by atoms with E-state index in [2.05, 4.69) is 21.3 Å². The topological polar surface area (TPSA) is 77.0 Å². The molecule has 0 N–H and O–H groups in total. The first-order chi connectivity index (χ1) is 12.5. The standard InChI is InChI=1S/C19H23N5O2/c1-5-23(12-18-20-15(4)26-22-18)19(25)17-8-6-16(7-9-17)11-24-14(3)10-13(2)21-24/h6-10H,5,11-12H2,1-4H3. The van der Waals surface area contributed by atoms with Gasteiger partial charge in [-0.2, -0.15) is 10.1 Å². The van der Waals surface area contributed by atoms with E-state index in [0.717, 1.165) is 17.0 Å². The highest BCUT2D eigenvalue weighted by Gasteiger charge is 2.17. The van der Waals surface area contributed by atoms with Crippen LogP contribution in [0.2, 0.25) is 0 Å². The molecule has 7 nitrogen and oxygen atoms in total. The number of nitrogens with zero attached hydrogens (tertiary/aromatic N) is 5. The largest absolute Gasteiger partial charge is 0.340 e. The predicted molar refractivity (Wildman–Crippen MR) is 96.7 cm³/mol. The van der Waals surface area contributed by atoms with Gasteiger partial charge in [0.2, 0.25) is 5.89 Å². The summed E-state index contributed by atoms with van der Waals surface area (Å²) >= 11 is 0. The van der Waals surface area contributed by atoms with Crippen LogP contribution in [0.3, 0.4) is 0 Å². The van der Waals surface area contributed by atoms with Crippen molar-refractivity contribution in [3.8, 4) is 0 Å². The van der Waals surface area contributed by atoms with E-state index in [-0.39, 0.29) is 5.91 Å². The first-order valence-electron chi connectivity index (χ1n) is 8.64. The molecule has 0 saturated carbocycles. The quantitative estimate of drug-likeness (QED) is 0.681. The molecule has 26 heavy (non-hydrogen) atoms. The summed E-state index contributed by atoms with van der Waals surface area (Å²) in [7, 11) is 0. The smallest absolute Gasteiger partial charge is 0.254 e. The summed E-state index contributed by atoms with van der Waals surface area (Å²) in [4.78, 5) is 18.6. The molecule has 0 unspecified atom stereocenters. The lowest BCUT2D eigenvalue weighted by molar-refractivity contribution is 0.0747. The summed E-state index contributed by atoms with van der Waals surface area (Å²) in [6, 6.07) is 9.70. The average molecular weight is 353 g/mol. The zero-order valence-electron chi connectivity index (χ0n) is 15.6. The van der Waals surface area contributed by atoms with Crippen LogP contribution in [-0.2, 0) is 13.1 Å². The van der Waals surface area contributed by atoms with Gasteiger partial charge in [0, 0.05) is 24.7 Å². The summed E-state index contributed by atoms with van der Waals surface area (Å²) < 4.78 is 6.93. The molecule has 0 aliphatic carbocycles. The Balaban J connectivity index is 1.70. The fourth-order valence-electron chi connectivity index (χ4n) is 2.85. The lowest BCUT2D eigenvalue weighted by atomic mass is 10.1. The van der Waals surface area contributed by atoms with Crippen molar-refractivity contribution < 1.29 is 9.32 Å².